The number of hydrogen-bond donors (Lipinski definition) is 3. The third-order valence-electron chi connectivity index (χ3n) is 3.37. The van der Waals surface area contributed by atoms with E-state index in [1.54, 1.807) is 0 Å². The topological polar surface area (TPSA) is 56.7 Å². The van der Waals surface area contributed by atoms with Crippen molar-refractivity contribution >= 4 is 29.9 Å². The van der Waals surface area contributed by atoms with Crippen LogP contribution >= 0.6 is 24.0 Å². The molecule has 1 aromatic rings. The van der Waals surface area contributed by atoms with Crippen LogP contribution < -0.4 is 10.6 Å². The molecule has 0 aliphatic carbocycles. The normalized spacial score (nSPS) is 12.7. The van der Waals surface area contributed by atoms with Crippen LogP contribution in [0.3, 0.4) is 0 Å². The van der Waals surface area contributed by atoms with Crippen LogP contribution in [-0.2, 0) is 6.42 Å². The molecule has 0 radical (unpaired) electrons. The molecule has 1 aromatic carbocycles. The van der Waals surface area contributed by atoms with Gasteiger partial charge in [0, 0.05) is 19.5 Å². The molecule has 0 spiro atoms. The minimum atomic E-state index is -0.450. The van der Waals surface area contributed by atoms with Gasteiger partial charge in [-0.3, -0.25) is 4.99 Å². The Balaban J connectivity index is 0.00000484. The zero-order chi connectivity index (χ0) is 16.2. The Morgan fingerprint density at radius 1 is 1.17 bits per heavy atom. The maximum absolute atomic E-state index is 10.1. The average molecular weight is 433 g/mol. The van der Waals surface area contributed by atoms with Crippen molar-refractivity contribution in [2.24, 2.45) is 10.9 Å². The monoisotopic (exact) mass is 433 g/mol. The molecule has 1 rings (SSSR count). The number of aliphatic hydroxyl groups is 1. The number of rotatable bonds is 9. The zero-order valence-electron chi connectivity index (χ0n) is 14.6. The summed E-state index contributed by atoms with van der Waals surface area (Å²) in [6, 6.07) is 10.0. The highest BCUT2D eigenvalue weighted by atomic mass is 127. The molecule has 1 unspecified atom stereocenters. The number of halogens is 1. The molecule has 0 amide bonds. The van der Waals surface area contributed by atoms with Gasteiger partial charge in [-0.15, -0.1) is 24.0 Å². The van der Waals surface area contributed by atoms with Crippen molar-refractivity contribution in [3.8, 4) is 0 Å². The van der Waals surface area contributed by atoms with Gasteiger partial charge in [-0.05, 0) is 31.2 Å². The van der Waals surface area contributed by atoms with Crippen LogP contribution in [0.15, 0.2) is 35.3 Å². The maximum atomic E-state index is 10.1. The number of aliphatic imine (C=N–C) groups is 1. The van der Waals surface area contributed by atoms with Crippen molar-refractivity contribution in [1.29, 1.82) is 0 Å². The quantitative estimate of drug-likeness (QED) is 0.243. The van der Waals surface area contributed by atoms with E-state index >= 15 is 0 Å². The Morgan fingerprint density at radius 3 is 2.48 bits per heavy atom. The lowest BCUT2D eigenvalue weighted by molar-refractivity contribution is 0.183. The van der Waals surface area contributed by atoms with Crippen LogP contribution in [0.5, 0.6) is 0 Å². The minimum absolute atomic E-state index is 0. The van der Waals surface area contributed by atoms with Gasteiger partial charge in [-0.1, -0.05) is 44.2 Å². The van der Waals surface area contributed by atoms with Crippen LogP contribution in [0.25, 0.3) is 0 Å². The summed E-state index contributed by atoms with van der Waals surface area (Å²) in [7, 11) is 0. The molecule has 0 saturated carbocycles. The van der Waals surface area contributed by atoms with E-state index in [1.807, 2.05) is 37.3 Å². The Hall–Kier alpha value is -0.820. The molecule has 3 N–H and O–H groups in total. The highest BCUT2D eigenvalue weighted by Gasteiger charge is 2.05. The number of aliphatic hydroxyl groups excluding tert-OH is 1. The molecule has 0 aliphatic rings. The highest BCUT2D eigenvalue weighted by Crippen LogP contribution is 2.03. The van der Waals surface area contributed by atoms with E-state index in [9.17, 15) is 5.11 Å². The molecule has 0 saturated heterocycles. The van der Waals surface area contributed by atoms with Crippen molar-refractivity contribution in [1.82, 2.24) is 10.6 Å². The first-order chi connectivity index (χ1) is 10.6. The van der Waals surface area contributed by atoms with Crippen molar-refractivity contribution in [2.45, 2.75) is 46.1 Å². The second kappa shape index (κ2) is 13.6. The number of benzene rings is 1. The fourth-order valence-electron chi connectivity index (χ4n) is 2.21. The summed E-state index contributed by atoms with van der Waals surface area (Å²) in [5.41, 5.74) is 1.14. The summed E-state index contributed by atoms with van der Waals surface area (Å²) < 4.78 is 0. The first kappa shape index (κ1) is 22.2. The first-order valence-electron chi connectivity index (χ1n) is 8.36. The van der Waals surface area contributed by atoms with Gasteiger partial charge in [-0.25, -0.2) is 0 Å². The fraction of sp³-hybridized carbons (Fsp3) is 0.611. The standard InChI is InChI=1S/C18H31N3O.HI/c1-4-19-18(20-12-8-9-15(2)3)21-14-17(22)13-16-10-6-5-7-11-16;/h5-7,10-11,15,17,22H,4,8-9,12-14H2,1-3H3,(H2,19,20,21);1H. The summed E-state index contributed by atoms with van der Waals surface area (Å²) in [6.45, 7) is 8.67. The van der Waals surface area contributed by atoms with E-state index in [2.05, 4.69) is 29.5 Å². The van der Waals surface area contributed by atoms with Gasteiger partial charge in [0.05, 0.1) is 12.6 Å². The molecular weight excluding hydrogens is 401 g/mol. The third-order valence-corrected chi connectivity index (χ3v) is 3.37. The SMILES string of the molecule is CCNC(=NCC(O)Cc1ccccc1)NCCCC(C)C.I. The fourth-order valence-corrected chi connectivity index (χ4v) is 2.21. The lowest BCUT2D eigenvalue weighted by Gasteiger charge is -2.13. The van der Waals surface area contributed by atoms with Gasteiger partial charge >= 0.3 is 0 Å². The largest absolute Gasteiger partial charge is 0.391 e. The smallest absolute Gasteiger partial charge is 0.191 e. The molecule has 0 fully saturated rings. The Kier molecular flexibility index (Phi) is 13.1. The van der Waals surface area contributed by atoms with Crippen LogP contribution in [0.2, 0.25) is 0 Å². The number of hydrogen-bond acceptors (Lipinski definition) is 2. The lowest BCUT2D eigenvalue weighted by Crippen LogP contribution is -2.38. The van der Waals surface area contributed by atoms with E-state index in [0.717, 1.165) is 37.0 Å². The average Bonchev–Trinajstić information content (AvgIpc) is 2.49. The molecule has 23 heavy (non-hydrogen) atoms. The Bertz CT molecular complexity index is 424. The van der Waals surface area contributed by atoms with E-state index < -0.39 is 6.10 Å². The molecule has 132 valence electrons. The number of nitrogens with one attached hydrogen (secondary N) is 2. The van der Waals surface area contributed by atoms with E-state index in [0.29, 0.717) is 13.0 Å². The van der Waals surface area contributed by atoms with Crippen molar-refractivity contribution in [2.75, 3.05) is 19.6 Å². The maximum Gasteiger partial charge on any atom is 0.191 e. The van der Waals surface area contributed by atoms with Gasteiger partial charge in [0.1, 0.15) is 0 Å². The van der Waals surface area contributed by atoms with Crippen molar-refractivity contribution < 1.29 is 5.11 Å². The predicted molar refractivity (Wildman–Crippen MR) is 110 cm³/mol. The Morgan fingerprint density at radius 2 is 1.87 bits per heavy atom. The second-order valence-electron chi connectivity index (χ2n) is 6.03. The number of guanidine groups is 1. The molecule has 0 aromatic heterocycles. The summed E-state index contributed by atoms with van der Waals surface area (Å²) in [6.07, 6.45) is 2.53. The van der Waals surface area contributed by atoms with Crippen LogP contribution in [0, 0.1) is 5.92 Å². The molecule has 0 aliphatic heterocycles. The van der Waals surface area contributed by atoms with Gasteiger partial charge in [-0.2, -0.15) is 0 Å². The van der Waals surface area contributed by atoms with Gasteiger partial charge in [0.25, 0.3) is 0 Å². The van der Waals surface area contributed by atoms with Gasteiger partial charge < -0.3 is 15.7 Å². The van der Waals surface area contributed by atoms with E-state index in [4.69, 9.17) is 0 Å². The lowest BCUT2D eigenvalue weighted by atomic mass is 10.1. The molecule has 1 atom stereocenters. The molecule has 4 nitrogen and oxygen atoms in total. The highest BCUT2D eigenvalue weighted by molar-refractivity contribution is 14.0. The van der Waals surface area contributed by atoms with E-state index in [1.165, 1.54) is 6.42 Å². The van der Waals surface area contributed by atoms with Gasteiger partial charge in [0.2, 0.25) is 0 Å². The minimum Gasteiger partial charge on any atom is -0.391 e. The Labute approximate surface area is 158 Å². The molecule has 0 heterocycles. The van der Waals surface area contributed by atoms with Crippen molar-refractivity contribution in [3.63, 3.8) is 0 Å². The predicted octanol–water partition coefficient (Wildman–Crippen LogP) is 3.20. The van der Waals surface area contributed by atoms with E-state index in [-0.39, 0.29) is 24.0 Å². The van der Waals surface area contributed by atoms with Crippen LogP contribution in [0.4, 0.5) is 0 Å². The third kappa shape index (κ3) is 11.4. The molecule has 5 heteroatoms. The van der Waals surface area contributed by atoms with Crippen molar-refractivity contribution in [3.05, 3.63) is 35.9 Å². The summed E-state index contributed by atoms with van der Waals surface area (Å²) >= 11 is 0. The summed E-state index contributed by atoms with van der Waals surface area (Å²) in [5.74, 6) is 1.52. The molecule has 0 bridgehead atoms. The first-order valence-corrected chi connectivity index (χ1v) is 8.36. The van der Waals surface area contributed by atoms with Crippen LogP contribution in [0.1, 0.15) is 39.2 Å². The molecular formula is C18H32IN3O. The zero-order valence-corrected chi connectivity index (χ0v) is 16.9. The number of nitrogens with zero attached hydrogens (tertiary/aromatic N) is 1. The summed E-state index contributed by atoms with van der Waals surface area (Å²) in [5, 5.41) is 16.6. The summed E-state index contributed by atoms with van der Waals surface area (Å²) in [4.78, 5) is 4.47. The van der Waals surface area contributed by atoms with Crippen LogP contribution in [-0.4, -0.2) is 36.8 Å². The van der Waals surface area contributed by atoms with Gasteiger partial charge in [0.15, 0.2) is 5.96 Å². The second-order valence-corrected chi connectivity index (χ2v) is 6.03.